The van der Waals surface area contributed by atoms with Crippen molar-refractivity contribution in [3.8, 4) is 0 Å². The second-order valence-electron chi connectivity index (χ2n) is 8.64. The third kappa shape index (κ3) is 4.80. The third-order valence-corrected chi connectivity index (χ3v) is 6.51. The average Bonchev–Trinajstić information content (AvgIpc) is 3.63. The number of amides is 3. The molecule has 0 radical (unpaired) electrons. The molecule has 1 unspecified atom stereocenters. The van der Waals surface area contributed by atoms with Gasteiger partial charge in [0.15, 0.2) is 0 Å². The topological polar surface area (TPSA) is 69.7 Å². The SMILES string of the molecule is O=C(NC(C(=O)N1CCCCC1)C1CCN(C(=O)C2CC2)CC1)c1ccccc1. The van der Waals surface area contributed by atoms with Gasteiger partial charge in [0.25, 0.3) is 5.91 Å². The Kier molecular flexibility index (Phi) is 6.16. The van der Waals surface area contributed by atoms with Crippen molar-refractivity contribution >= 4 is 17.7 Å². The van der Waals surface area contributed by atoms with Crippen LogP contribution in [0.2, 0.25) is 0 Å². The molecule has 1 aromatic carbocycles. The fourth-order valence-corrected chi connectivity index (χ4v) is 4.55. The maximum atomic E-state index is 13.3. The Morgan fingerprint density at radius 2 is 1.48 bits per heavy atom. The van der Waals surface area contributed by atoms with E-state index < -0.39 is 6.04 Å². The summed E-state index contributed by atoms with van der Waals surface area (Å²) < 4.78 is 0. The minimum absolute atomic E-state index is 0.0425. The second kappa shape index (κ2) is 8.97. The van der Waals surface area contributed by atoms with Gasteiger partial charge in [-0.2, -0.15) is 0 Å². The summed E-state index contributed by atoms with van der Waals surface area (Å²) in [6.45, 7) is 2.92. The van der Waals surface area contributed by atoms with Crippen LogP contribution in [0.25, 0.3) is 0 Å². The molecule has 0 spiro atoms. The zero-order chi connectivity index (χ0) is 20.2. The molecule has 2 saturated heterocycles. The number of rotatable bonds is 5. The lowest BCUT2D eigenvalue weighted by Gasteiger charge is -2.38. The molecule has 156 valence electrons. The first-order valence-electron chi connectivity index (χ1n) is 11.1. The smallest absolute Gasteiger partial charge is 0.251 e. The Morgan fingerprint density at radius 1 is 0.828 bits per heavy atom. The summed E-state index contributed by atoms with van der Waals surface area (Å²) >= 11 is 0. The largest absolute Gasteiger partial charge is 0.342 e. The van der Waals surface area contributed by atoms with Crippen LogP contribution in [-0.4, -0.2) is 59.7 Å². The van der Waals surface area contributed by atoms with Crippen LogP contribution < -0.4 is 5.32 Å². The molecule has 3 amide bonds. The molecule has 2 heterocycles. The maximum absolute atomic E-state index is 13.3. The highest BCUT2D eigenvalue weighted by Gasteiger charge is 2.39. The molecule has 1 saturated carbocycles. The lowest BCUT2D eigenvalue weighted by Crippen LogP contribution is -2.55. The van der Waals surface area contributed by atoms with Crippen molar-refractivity contribution in [3.63, 3.8) is 0 Å². The van der Waals surface area contributed by atoms with Gasteiger partial charge in [0.05, 0.1) is 0 Å². The van der Waals surface area contributed by atoms with E-state index in [1.54, 1.807) is 12.1 Å². The maximum Gasteiger partial charge on any atom is 0.251 e. The fraction of sp³-hybridized carbons (Fsp3) is 0.609. The van der Waals surface area contributed by atoms with E-state index in [1.807, 2.05) is 28.0 Å². The van der Waals surface area contributed by atoms with Crippen molar-refractivity contribution in [2.45, 2.75) is 51.0 Å². The van der Waals surface area contributed by atoms with Gasteiger partial charge in [-0.3, -0.25) is 14.4 Å². The number of hydrogen-bond acceptors (Lipinski definition) is 3. The van der Waals surface area contributed by atoms with Crippen LogP contribution in [0.1, 0.15) is 55.3 Å². The van der Waals surface area contributed by atoms with E-state index in [2.05, 4.69) is 5.32 Å². The van der Waals surface area contributed by atoms with Gasteiger partial charge in [0.2, 0.25) is 11.8 Å². The van der Waals surface area contributed by atoms with E-state index in [4.69, 9.17) is 0 Å². The summed E-state index contributed by atoms with van der Waals surface area (Å²) in [4.78, 5) is 42.4. The van der Waals surface area contributed by atoms with Gasteiger partial charge in [-0.1, -0.05) is 18.2 Å². The molecule has 4 rings (SSSR count). The normalized spacial score (nSPS) is 21.5. The van der Waals surface area contributed by atoms with E-state index in [-0.39, 0.29) is 29.6 Å². The van der Waals surface area contributed by atoms with Crippen LogP contribution in [-0.2, 0) is 9.59 Å². The highest BCUT2D eigenvalue weighted by Crippen LogP contribution is 2.33. The van der Waals surface area contributed by atoms with Crippen molar-refractivity contribution in [2.24, 2.45) is 11.8 Å². The fourth-order valence-electron chi connectivity index (χ4n) is 4.55. The molecule has 1 aromatic rings. The average molecular weight is 398 g/mol. The number of benzene rings is 1. The van der Waals surface area contributed by atoms with Crippen LogP contribution in [0.15, 0.2) is 30.3 Å². The lowest BCUT2D eigenvalue weighted by atomic mass is 9.87. The Morgan fingerprint density at radius 3 is 2.10 bits per heavy atom. The zero-order valence-corrected chi connectivity index (χ0v) is 17.0. The molecule has 1 N–H and O–H groups in total. The first-order valence-corrected chi connectivity index (χ1v) is 11.1. The van der Waals surface area contributed by atoms with Crippen molar-refractivity contribution in [1.82, 2.24) is 15.1 Å². The lowest BCUT2D eigenvalue weighted by molar-refractivity contribution is -0.137. The summed E-state index contributed by atoms with van der Waals surface area (Å²) in [5.41, 5.74) is 0.574. The van der Waals surface area contributed by atoms with Crippen LogP contribution in [0.3, 0.4) is 0 Å². The number of nitrogens with zero attached hydrogens (tertiary/aromatic N) is 2. The van der Waals surface area contributed by atoms with Crippen LogP contribution in [0, 0.1) is 11.8 Å². The number of likely N-dealkylation sites (tertiary alicyclic amines) is 2. The zero-order valence-electron chi connectivity index (χ0n) is 17.0. The summed E-state index contributed by atoms with van der Waals surface area (Å²) in [6, 6.07) is 8.57. The Labute approximate surface area is 172 Å². The highest BCUT2D eigenvalue weighted by molar-refractivity contribution is 5.97. The van der Waals surface area contributed by atoms with Crippen LogP contribution in [0.4, 0.5) is 0 Å². The predicted molar refractivity (Wildman–Crippen MR) is 110 cm³/mol. The van der Waals surface area contributed by atoms with Gasteiger partial charge < -0.3 is 15.1 Å². The van der Waals surface area contributed by atoms with Gasteiger partial charge in [-0.15, -0.1) is 0 Å². The molecule has 2 aliphatic heterocycles. The molecular formula is C23H31N3O3. The molecule has 1 atom stereocenters. The number of hydrogen-bond donors (Lipinski definition) is 1. The predicted octanol–water partition coefficient (Wildman–Crippen LogP) is 2.45. The van der Waals surface area contributed by atoms with Crippen molar-refractivity contribution in [3.05, 3.63) is 35.9 Å². The van der Waals surface area contributed by atoms with E-state index >= 15 is 0 Å². The first kappa shape index (κ1) is 19.9. The summed E-state index contributed by atoms with van der Waals surface area (Å²) in [5, 5.41) is 3.05. The molecular weight excluding hydrogens is 366 g/mol. The number of piperidine rings is 2. The Balaban J connectivity index is 1.44. The summed E-state index contributed by atoms with van der Waals surface area (Å²) in [6.07, 6.45) is 6.77. The van der Waals surface area contributed by atoms with Crippen molar-refractivity contribution in [2.75, 3.05) is 26.2 Å². The third-order valence-electron chi connectivity index (χ3n) is 6.51. The van der Waals surface area contributed by atoms with Crippen LogP contribution in [0.5, 0.6) is 0 Å². The molecule has 1 aliphatic carbocycles. The van der Waals surface area contributed by atoms with Gasteiger partial charge >= 0.3 is 0 Å². The molecule has 0 bridgehead atoms. The van der Waals surface area contributed by atoms with Gasteiger partial charge in [0.1, 0.15) is 6.04 Å². The first-order chi connectivity index (χ1) is 14.1. The van der Waals surface area contributed by atoms with E-state index in [9.17, 15) is 14.4 Å². The van der Waals surface area contributed by atoms with Gasteiger partial charge in [-0.25, -0.2) is 0 Å². The van der Waals surface area contributed by atoms with E-state index in [1.165, 1.54) is 0 Å². The van der Waals surface area contributed by atoms with Crippen molar-refractivity contribution in [1.29, 1.82) is 0 Å². The molecule has 6 nitrogen and oxygen atoms in total. The number of nitrogens with one attached hydrogen (secondary N) is 1. The van der Waals surface area contributed by atoms with E-state index in [0.29, 0.717) is 18.7 Å². The van der Waals surface area contributed by atoms with Crippen LogP contribution >= 0.6 is 0 Å². The van der Waals surface area contributed by atoms with E-state index in [0.717, 1.165) is 58.0 Å². The van der Waals surface area contributed by atoms with Crippen molar-refractivity contribution < 1.29 is 14.4 Å². The molecule has 3 fully saturated rings. The molecule has 0 aromatic heterocycles. The number of carbonyl (C=O) groups excluding carboxylic acids is 3. The summed E-state index contributed by atoms with van der Waals surface area (Å²) in [7, 11) is 0. The molecule has 3 aliphatic rings. The minimum Gasteiger partial charge on any atom is -0.342 e. The molecule has 6 heteroatoms. The van der Waals surface area contributed by atoms with Gasteiger partial charge in [-0.05, 0) is 63.0 Å². The molecule has 29 heavy (non-hydrogen) atoms. The monoisotopic (exact) mass is 397 g/mol. The Bertz CT molecular complexity index is 733. The quantitative estimate of drug-likeness (QED) is 0.830. The summed E-state index contributed by atoms with van der Waals surface area (Å²) in [5.74, 6) is 0.421. The standard InChI is InChI=1S/C23H31N3O3/c27-21(18-7-3-1-4-8-18)24-20(23(29)25-13-5-2-6-14-25)17-11-15-26(16-12-17)22(28)19-9-10-19/h1,3-4,7-8,17,19-20H,2,5-6,9-16H2,(H,24,27). The Hall–Kier alpha value is -2.37. The number of carbonyl (C=O) groups is 3. The second-order valence-corrected chi connectivity index (χ2v) is 8.64. The highest BCUT2D eigenvalue weighted by atomic mass is 16.2. The van der Waals surface area contributed by atoms with Gasteiger partial charge in [0, 0.05) is 37.7 Å². The minimum atomic E-state index is -0.515.